The Balaban J connectivity index is 1.81. The summed E-state index contributed by atoms with van der Waals surface area (Å²) >= 11 is 0. The molecule has 0 amide bonds. The Labute approximate surface area is 124 Å². The number of hydrogen-bond acceptors (Lipinski definition) is 4. The van der Waals surface area contributed by atoms with Crippen LogP contribution in [0.25, 0.3) is 0 Å². The summed E-state index contributed by atoms with van der Waals surface area (Å²) in [5.74, 6) is 1.68. The molecular weight excluding hydrogens is 266 g/mol. The van der Waals surface area contributed by atoms with Crippen LogP contribution in [0.1, 0.15) is 22.3 Å². The highest BCUT2D eigenvalue weighted by Gasteiger charge is 2.16. The van der Waals surface area contributed by atoms with Crippen LogP contribution in [0.2, 0.25) is 0 Å². The van der Waals surface area contributed by atoms with E-state index in [1.165, 1.54) is 11.1 Å². The lowest BCUT2D eigenvalue weighted by molar-refractivity contribution is -0.0175. The molecule has 0 aliphatic carbocycles. The Morgan fingerprint density at radius 1 is 1.14 bits per heavy atom. The molecule has 1 heterocycles. The average molecular weight is 285 g/mol. The van der Waals surface area contributed by atoms with Gasteiger partial charge in [0.05, 0.1) is 6.61 Å². The number of rotatable bonds is 3. The minimum absolute atomic E-state index is 0.271. The number of ether oxygens (including phenoxy) is 3. The Morgan fingerprint density at radius 2 is 2.00 bits per heavy atom. The summed E-state index contributed by atoms with van der Waals surface area (Å²) in [5.41, 5.74) is 11.0. The molecule has 0 saturated carbocycles. The van der Waals surface area contributed by atoms with Crippen molar-refractivity contribution in [3.05, 3.63) is 52.6 Å². The van der Waals surface area contributed by atoms with Crippen molar-refractivity contribution in [3.8, 4) is 11.5 Å². The van der Waals surface area contributed by atoms with Gasteiger partial charge in [0, 0.05) is 16.8 Å². The minimum Gasteiger partial charge on any atom is -0.489 e. The molecule has 0 unspecified atom stereocenters. The summed E-state index contributed by atoms with van der Waals surface area (Å²) in [6, 6.07) is 9.85. The summed E-state index contributed by atoms with van der Waals surface area (Å²) in [7, 11) is 0. The molecule has 21 heavy (non-hydrogen) atoms. The van der Waals surface area contributed by atoms with Gasteiger partial charge in [0.25, 0.3) is 0 Å². The maximum atomic E-state index is 5.93. The lowest BCUT2D eigenvalue weighted by Crippen LogP contribution is -2.14. The predicted molar refractivity (Wildman–Crippen MR) is 81.4 cm³/mol. The fourth-order valence-electron chi connectivity index (χ4n) is 2.40. The quantitative estimate of drug-likeness (QED) is 0.879. The molecule has 1 aliphatic heterocycles. The molecule has 0 aromatic heterocycles. The van der Waals surface area contributed by atoms with Crippen LogP contribution in [0.4, 0.5) is 5.69 Å². The summed E-state index contributed by atoms with van der Waals surface area (Å²) < 4.78 is 16.7. The Bertz CT molecular complexity index is 667. The SMILES string of the molecule is Cc1ccc(OCc2cc(N)cc3c2OCOC3)cc1C. The predicted octanol–water partition coefficient (Wildman–Crippen LogP) is 3.33. The second kappa shape index (κ2) is 5.66. The molecule has 0 bridgehead atoms. The number of aryl methyl sites for hydroxylation is 2. The van der Waals surface area contributed by atoms with Gasteiger partial charge < -0.3 is 19.9 Å². The van der Waals surface area contributed by atoms with Crippen LogP contribution in [0.3, 0.4) is 0 Å². The number of nitrogen functional groups attached to an aromatic ring is 1. The second-order valence-electron chi connectivity index (χ2n) is 5.31. The fourth-order valence-corrected chi connectivity index (χ4v) is 2.40. The van der Waals surface area contributed by atoms with Gasteiger partial charge in [-0.15, -0.1) is 0 Å². The van der Waals surface area contributed by atoms with Crippen molar-refractivity contribution in [2.24, 2.45) is 0 Å². The van der Waals surface area contributed by atoms with Crippen LogP contribution in [0.5, 0.6) is 11.5 Å². The molecule has 2 N–H and O–H groups in total. The summed E-state index contributed by atoms with van der Waals surface area (Å²) in [6.45, 7) is 5.38. The highest BCUT2D eigenvalue weighted by atomic mass is 16.7. The van der Waals surface area contributed by atoms with Crippen molar-refractivity contribution < 1.29 is 14.2 Å². The third-order valence-corrected chi connectivity index (χ3v) is 3.68. The maximum Gasteiger partial charge on any atom is 0.189 e. The van der Waals surface area contributed by atoms with Crippen LogP contribution >= 0.6 is 0 Å². The van der Waals surface area contributed by atoms with Crippen LogP contribution in [-0.2, 0) is 18.0 Å². The zero-order valence-electron chi connectivity index (χ0n) is 12.3. The molecule has 0 fully saturated rings. The van der Waals surface area contributed by atoms with Gasteiger partial charge in [0.2, 0.25) is 0 Å². The largest absolute Gasteiger partial charge is 0.489 e. The number of fused-ring (bicyclic) bond motifs is 1. The first-order valence-corrected chi connectivity index (χ1v) is 6.95. The van der Waals surface area contributed by atoms with E-state index in [0.717, 1.165) is 22.6 Å². The van der Waals surface area contributed by atoms with Crippen molar-refractivity contribution in [1.29, 1.82) is 0 Å². The zero-order chi connectivity index (χ0) is 14.8. The molecule has 3 rings (SSSR count). The molecule has 0 spiro atoms. The molecule has 2 aromatic carbocycles. The maximum absolute atomic E-state index is 5.93. The number of hydrogen-bond donors (Lipinski definition) is 1. The van der Waals surface area contributed by atoms with E-state index in [2.05, 4.69) is 19.9 Å². The van der Waals surface area contributed by atoms with Crippen LogP contribution in [0.15, 0.2) is 30.3 Å². The van der Waals surface area contributed by atoms with Crippen LogP contribution in [0, 0.1) is 13.8 Å². The van der Waals surface area contributed by atoms with Gasteiger partial charge in [-0.05, 0) is 49.2 Å². The highest BCUT2D eigenvalue weighted by molar-refractivity contribution is 5.53. The van der Waals surface area contributed by atoms with Crippen molar-refractivity contribution in [2.75, 3.05) is 12.5 Å². The van der Waals surface area contributed by atoms with E-state index in [4.69, 9.17) is 19.9 Å². The van der Waals surface area contributed by atoms with Crippen molar-refractivity contribution in [2.45, 2.75) is 27.1 Å². The van der Waals surface area contributed by atoms with Gasteiger partial charge in [0.1, 0.15) is 18.1 Å². The summed E-state index contributed by atoms with van der Waals surface area (Å²) in [5, 5.41) is 0. The molecule has 2 aromatic rings. The molecule has 4 heteroatoms. The molecule has 1 aliphatic rings. The van der Waals surface area contributed by atoms with Gasteiger partial charge in [-0.3, -0.25) is 0 Å². The Kier molecular flexibility index (Phi) is 3.71. The Morgan fingerprint density at radius 3 is 2.81 bits per heavy atom. The van der Waals surface area contributed by atoms with Crippen LogP contribution in [-0.4, -0.2) is 6.79 Å². The lowest BCUT2D eigenvalue weighted by Gasteiger charge is -2.21. The zero-order valence-corrected chi connectivity index (χ0v) is 12.3. The second-order valence-corrected chi connectivity index (χ2v) is 5.31. The minimum atomic E-state index is 0.271. The average Bonchev–Trinajstić information content (AvgIpc) is 2.48. The monoisotopic (exact) mass is 285 g/mol. The number of anilines is 1. The van der Waals surface area contributed by atoms with Gasteiger partial charge in [-0.25, -0.2) is 0 Å². The van der Waals surface area contributed by atoms with Gasteiger partial charge in [0.15, 0.2) is 6.79 Å². The standard InChI is InChI=1S/C17H19NO3/c1-11-3-4-16(5-12(11)2)20-9-14-7-15(18)6-13-8-19-10-21-17(13)14/h3-7H,8-10,18H2,1-2H3. The normalized spacial score (nSPS) is 13.4. The molecular formula is C17H19NO3. The van der Waals surface area contributed by atoms with Crippen molar-refractivity contribution in [1.82, 2.24) is 0 Å². The first-order valence-electron chi connectivity index (χ1n) is 6.95. The van der Waals surface area contributed by atoms with E-state index in [0.29, 0.717) is 18.9 Å². The molecule has 110 valence electrons. The number of benzene rings is 2. The smallest absolute Gasteiger partial charge is 0.189 e. The summed E-state index contributed by atoms with van der Waals surface area (Å²) in [4.78, 5) is 0. The van der Waals surface area contributed by atoms with E-state index >= 15 is 0 Å². The van der Waals surface area contributed by atoms with Gasteiger partial charge in [-0.2, -0.15) is 0 Å². The van der Waals surface area contributed by atoms with Gasteiger partial charge in [-0.1, -0.05) is 6.07 Å². The Hall–Kier alpha value is -2.20. The topological polar surface area (TPSA) is 53.7 Å². The molecule has 0 radical (unpaired) electrons. The molecule has 0 atom stereocenters. The van der Waals surface area contributed by atoms with Crippen molar-refractivity contribution in [3.63, 3.8) is 0 Å². The highest BCUT2D eigenvalue weighted by Crippen LogP contribution is 2.31. The first-order chi connectivity index (χ1) is 10.1. The fraction of sp³-hybridized carbons (Fsp3) is 0.294. The third-order valence-electron chi connectivity index (χ3n) is 3.68. The molecule has 4 nitrogen and oxygen atoms in total. The van der Waals surface area contributed by atoms with E-state index in [1.807, 2.05) is 24.3 Å². The number of nitrogens with two attached hydrogens (primary N) is 1. The van der Waals surface area contributed by atoms with E-state index in [9.17, 15) is 0 Å². The van der Waals surface area contributed by atoms with E-state index in [1.54, 1.807) is 0 Å². The molecule has 0 saturated heterocycles. The van der Waals surface area contributed by atoms with E-state index < -0.39 is 0 Å². The van der Waals surface area contributed by atoms with Crippen molar-refractivity contribution >= 4 is 5.69 Å². The van der Waals surface area contributed by atoms with E-state index in [-0.39, 0.29) is 6.79 Å². The first kappa shape index (κ1) is 13.8. The van der Waals surface area contributed by atoms with Crippen LogP contribution < -0.4 is 15.2 Å². The lowest BCUT2D eigenvalue weighted by atomic mass is 10.1. The van der Waals surface area contributed by atoms with Gasteiger partial charge >= 0.3 is 0 Å². The third kappa shape index (κ3) is 2.95. The summed E-state index contributed by atoms with van der Waals surface area (Å²) in [6.07, 6.45) is 0.